The van der Waals surface area contributed by atoms with Gasteiger partial charge in [-0.2, -0.15) is 0 Å². The Balaban J connectivity index is 2.56. The molecule has 0 aromatic carbocycles. The van der Waals surface area contributed by atoms with Crippen LogP contribution >= 0.6 is 0 Å². The molecule has 0 aliphatic heterocycles. The molecule has 0 radical (unpaired) electrons. The van der Waals surface area contributed by atoms with E-state index in [0.29, 0.717) is 0 Å². The lowest BCUT2D eigenvalue weighted by Crippen LogP contribution is -1.82. The van der Waals surface area contributed by atoms with Crippen LogP contribution in [0.15, 0.2) is 4.42 Å². The zero-order valence-electron chi connectivity index (χ0n) is 7.77. The van der Waals surface area contributed by atoms with Gasteiger partial charge in [0.2, 0.25) is 0 Å². The van der Waals surface area contributed by atoms with Crippen LogP contribution in [0, 0.1) is 25.7 Å². The number of oxazole rings is 1. The number of hydrogen-bond donors (Lipinski definition) is 0. The molecule has 0 saturated carbocycles. The second-order valence-corrected chi connectivity index (χ2v) is 2.68. The van der Waals surface area contributed by atoms with Crippen LogP contribution in [0.1, 0.15) is 30.7 Å². The summed E-state index contributed by atoms with van der Waals surface area (Å²) in [6.07, 6.45) is 1.64. The summed E-state index contributed by atoms with van der Waals surface area (Å²) in [5.74, 6) is 7.53. The Bertz CT molecular complexity index is 295. The van der Waals surface area contributed by atoms with Gasteiger partial charge in [0.1, 0.15) is 5.76 Å². The normalized spacial score (nSPS) is 9.25. The molecule has 12 heavy (non-hydrogen) atoms. The van der Waals surface area contributed by atoms with E-state index in [1.165, 1.54) is 0 Å². The topological polar surface area (TPSA) is 26.0 Å². The van der Waals surface area contributed by atoms with Gasteiger partial charge in [0.05, 0.1) is 5.69 Å². The number of hydrogen-bond acceptors (Lipinski definition) is 2. The van der Waals surface area contributed by atoms with Crippen molar-refractivity contribution in [3.05, 3.63) is 17.3 Å². The quantitative estimate of drug-likeness (QED) is 0.625. The molecule has 1 aromatic rings. The monoisotopic (exact) mass is 163 g/mol. The van der Waals surface area contributed by atoms with Crippen molar-refractivity contribution < 1.29 is 4.42 Å². The molecular weight excluding hydrogens is 150 g/mol. The van der Waals surface area contributed by atoms with E-state index in [1.807, 2.05) is 20.8 Å². The molecule has 1 heterocycles. The maximum atomic E-state index is 5.38. The molecule has 0 saturated heterocycles. The maximum absolute atomic E-state index is 5.38. The summed E-state index contributed by atoms with van der Waals surface area (Å²) in [7, 11) is 0. The van der Waals surface area contributed by atoms with Crippen LogP contribution < -0.4 is 0 Å². The molecule has 0 amide bonds. The largest absolute Gasteiger partial charge is 0.446 e. The molecule has 2 nitrogen and oxygen atoms in total. The molecule has 1 aromatic heterocycles. The minimum Gasteiger partial charge on any atom is -0.446 e. The standard InChI is InChI=1S/C10H13NO/c1-4-5-6-7-10-11-8(2)9(3)12-10/h6-7H2,1-3H3. The van der Waals surface area contributed by atoms with Crippen molar-refractivity contribution in [2.24, 2.45) is 0 Å². The van der Waals surface area contributed by atoms with Gasteiger partial charge in [-0.15, -0.1) is 11.8 Å². The zero-order chi connectivity index (χ0) is 8.97. The number of nitrogens with zero attached hydrogens (tertiary/aromatic N) is 1. The Kier molecular flexibility index (Phi) is 2.93. The lowest BCUT2D eigenvalue weighted by Gasteiger charge is -1.86. The Morgan fingerprint density at radius 2 is 2.17 bits per heavy atom. The maximum Gasteiger partial charge on any atom is 0.195 e. The van der Waals surface area contributed by atoms with Crippen molar-refractivity contribution in [3.63, 3.8) is 0 Å². The Labute approximate surface area is 73.0 Å². The highest BCUT2D eigenvalue weighted by Gasteiger charge is 2.03. The van der Waals surface area contributed by atoms with Crippen LogP contribution in [0.25, 0.3) is 0 Å². The highest BCUT2D eigenvalue weighted by molar-refractivity contribution is 5.06. The minimum atomic E-state index is 0.799. The highest BCUT2D eigenvalue weighted by atomic mass is 16.4. The highest BCUT2D eigenvalue weighted by Crippen LogP contribution is 2.09. The van der Waals surface area contributed by atoms with Gasteiger partial charge in [0.25, 0.3) is 0 Å². The molecule has 64 valence electrons. The van der Waals surface area contributed by atoms with E-state index in [2.05, 4.69) is 16.8 Å². The van der Waals surface area contributed by atoms with E-state index in [0.717, 1.165) is 30.2 Å². The number of rotatable bonds is 2. The van der Waals surface area contributed by atoms with Crippen molar-refractivity contribution >= 4 is 0 Å². The average Bonchev–Trinajstić information content (AvgIpc) is 2.32. The van der Waals surface area contributed by atoms with Gasteiger partial charge in [-0.1, -0.05) is 0 Å². The first-order valence-corrected chi connectivity index (χ1v) is 4.06. The lowest BCUT2D eigenvalue weighted by atomic mass is 10.3. The molecule has 1 rings (SSSR count). The van der Waals surface area contributed by atoms with E-state index >= 15 is 0 Å². The Morgan fingerprint density at radius 1 is 1.42 bits per heavy atom. The van der Waals surface area contributed by atoms with Gasteiger partial charge >= 0.3 is 0 Å². The van der Waals surface area contributed by atoms with Crippen LogP contribution in [0.3, 0.4) is 0 Å². The van der Waals surface area contributed by atoms with E-state index in [-0.39, 0.29) is 0 Å². The second kappa shape index (κ2) is 3.96. The molecule has 0 unspecified atom stereocenters. The molecule has 0 spiro atoms. The zero-order valence-corrected chi connectivity index (χ0v) is 7.77. The summed E-state index contributed by atoms with van der Waals surface area (Å²) in [6.45, 7) is 5.72. The van der Waals surface area contributed by atoms with Gasteiger partial charge in [0.15, 0.2) is 5.89 Å². The predicted molar refractivity (Wildman–Crippen MR) is 47.7 cm³/mol. The van der Waals surface area contributed by atoms with Gasteiger partial charge in [-0.25, -0.2) is 4.98 Å². The van der Waals surface area contributed by atoms with Crippen LogP contribution in [0.4, 0.5) is 0 Å². The molecule has 0 atom stereocenters. The van der Waals surface area contributed by atoms with Gasteiger partial charge in [-0.05, 0) is 20.8 Å². The summed E-state index contributed by atoms with van der Waals surface area (Å²) in [5.41, 5.74) is 0.981. The summed E-state index contributed by atoms with van der Waals surface area (Å²) in [4.78, 5) is 4.25. The van der Waals surface area contributed by atoms with Crippen molar-refractivity contribution in [2.45, 2.75) is 33.6 Å². The number of aryl methyl sites for hydroxylation is 3. The fourth-order valence-electron chi connectivity index (χ4n) is 0.941. The molecule has 0 N–H and O–H groups in total. The molecule has 0 bridgehead atoms. The lowest BCUT2D eigenvalue weighted by molar-refractivity contribution is 0.472. The first kappa shape index (κ1) is 8.86. The third-order valence-electron chi connectivity index (χ3n) is 1.71. The summed E-state index contributed by atoms with van der Waals surface area (Å²) >= 11 is 0. The molecule has 2 heteroatoms. The fourth-order valence-corrected chi connectivity index (χ4v) is 0.941. The van der Waals surface area contributed by atoms with Crippen LogP contribution in [-0.4, -0.2) is 4.98 Å². The minimum absolute atomic E-state index is 0.799. The van der Waals surface area contributed by atoms with Gasteiger partial charge in [-0.3, -0.25) is 0 Å². The van der Waals surface area contributed by atoms with Crippen molar-refractivity contribution in [1.29, 1.82) is 0 Å². The summed E-state index contributed by atoms with van der Waals surface area (Å²) in [5, 5.41) is 0. The molecular formula is C10H13NO. The third-order valence-corrected chi connectivity index (χ3v) is 1.71. The third kappa shape index (κ3) is 2.13. The molecule has 0 fully saturated rings. The molecule has 0 aliphatic rings. The smallest absolute Gasteiger partial charge is 0.195 e. The fraction of sp³-hybridized carbons (Fsp3) is 0.500. The summed E-state index contributed by atoms with van der Waals surface area (Å²) in [6, 6.07) is 0. The van der Waals surface area contributed by atoms with Gasteiger partial charge < -0.3 is 4.42 Å². The predicted octanol–water partition coefficient (Wildman–Crippen LogP) is 2.25. The number of aromatic nitrogens is 1. The Hall–Kier alpha value is -1.23. The first-order valence-electron chi connectivity index (χ1n) is 4.06. The Morgan fingerprint density at radius 3 is 2.67 bits per heavy atom. The molecule has 0 aliphatic carbocycles. The van der Waals surface area contributed by atoms with Crippen LogP contribution in [0.5, 0.6) is 0 Å². The van der Waals surface area contributed by atoms with E-state index in [1.54, 1.807) is 0 Å². The van der Waals surface area contributed by atoms with Crippen LogP contribution in [-0.2, 0) is 6.42 Å². The van der Waals surface area contributed by atoms with E-state index in [9.17, 15) is 0 Å². The van der Waals surface area contributed by atoms with Crippen molar-refractivity contribution in [1.82, 2.24) is 4.98 Å². The van der Waals surface area contributed by atoms with E-state index in [4.69, 9.17) is 4.42 Å². The van der Waals surface area contributed by atoms with Crippen molar-refractivity contribution in [3.8, 4) is 11.8 Å². The average molecular weight is 163 g/mol. The summed E-state index contributed by atoms with van der Waals surface area (Å²) < 4.78 is 5.38. The first-order chi connectivity index (χ1) is 5.74. The van der Waals surface area contributed by atoms with Crippen molar-refractivity contribution in [2.75, 3.05) is 0 Å². The van der Waals surface area contributed by atoms with Gasteiger partial charge in [0, 0.05) is 12.8 Å². The second-order valence-electron chi connectivity index (χ2n) is 2.68. The van der Waals surface area contributed by atoms with Crippen LogP contribution in [0.2, 0.25) is 0 Å². The van der Waals surface area contributed by atoms with E-state index < -0.39 is 0 Å². The SMILES string of the molecule is CC#CCCc1nc(C)c(C)o1.